The largest absolute Gasteiger partial charge is 0.399 e. The van der Waals surface area contributed by atoms with Gasteiger partial charge in [0.25, 0.3) is 0 Å². The lowest BCUT2D eigenvalue weighted by atomic mass is 10.0. The van der Waals surface area contributed by atoms with E-state index in [2.05, 4.69) is 0 Å². The van der Waals surface area contributed by atoms with Gasteiger partial charge in [-0.1, -0.05) is 6.07 Å². The van der Waals surface area contributed by atoms with E-state index in [1.165, 1.54) is 10.6 Å². The van der Waals surface area contributed by atoms with Crippen LogP contribution in [0, 0.1) is 0 Å². The molecule has 4 nitrogen and oxygen atoms in total. The second-order valence-corrected chi connectivity index (χ2v) is 5.73. The fourth-order valence-electron chi connectivity index (χ4n) is 1.90. The fourth-order valence-corrected chi connectivity index (χ4v) is 2.89. The van der Waals surface area contributed by atoms with Crippen molar-refractivity contribution in [1.29, 1.82) is 0 Å². The minimum atomic E-state index is -3.18. The third-order valence-electron chi connectivity index (χ3n) is 2.59. The van der Waals surface area contributed by atoms with Crippen molar-refractivity contribution in [2.75, 3.05) is 22.8 Å². The van der Waals surface area contributed by atoms with E-state index in [4.69, 9.17) is 5.73 Å². The molecule has 0 amide bonds. The Kier molecular flexibility index (Phi) is 2.34. The van der Waals surface area contributed by atoms with Gasteiger partial charge in [-0.3, -0.25) is 4.31 Å². The fraction of sp³-hybridized carbons (Fsp3) is 0.400. The van der Waals surface area contributed by atoms with Gasteiger partial charge in [-0.2, -0.15) is 0 Å². The molecule has 1 heterocycles. The van der Waals surface area contributed by atoms with Crippen LogP contribution in [0.5, 0.6) is 0 Å². The Morgan fingerprint density at radius 1 is 1.40 bits per heavy atom. The molecule has 1 aliphatic heterocycles. The number of benzene rings is 1. The predicted octanol–water partition coefficient (Wildman–Crippen LogP) is 0.981. The van der Waals surface area contributed by atoms with E-state index in [1.54, 1.807) is 6.07 Å². The SMILES string of the molecule is CS(=O)(=O)N1CCCc2ccc(N)cc21. The van der Waals surface area contributed by atoms with Crippen molar-refractivity contribution < 1.29 is 8.42 Å². The number of anilines is 2. The minimum Gasteiger partial charge on any atom is -0.399 e. The smallest absolute Gasteiger partial charge is 0.232 e. The number of nitrogen functional groups attached to an aromatic ring is 1. The van der Waals surface area contributed by atoms with Crippen LogP contribution < -0.4 is 10.0 Å². The number of nitrogens with zero attached hydrogens (tertiary/aromatic N) is 1. The molecule has 2 rings (SSSR count). The Balaban J connectivity index is 2.55. The Morgan fingerprint density at radius 3 is 2.80 bits per heavy atom. The molecule has 0 radical (unpaired) electrons. The van der Waals surface area contributed by atoms with Gasteiger partial charge in [0, 0.05) is 12.2 Å². The van der Waals surface area contributed by atoms with E-state index in [9.17, 15) is 8.42 Å². The highest BCUT2D eigenvalue weighted by Gasteiger charge is 2.23. The number of hydrogen-bond donors (Lipinski definition) is 1. The van der Waals surface area contributed by atoms with Crippen LogP contribution in [-0.4, -0.2) is 21.2 Å². The molecule has 5 heteroatoms. The number of hydrogen-bond acceptors (Lipinski definition) is 3. The van der Waals surface area contributed by atoms with Gasteiger partial charge >= 0.3 is 0 Å². The van der Waals surface area contributed by atoms with Crippen LogP contribution in [0.25, 0.3) is 0 Å². The summed E-state index contributed by atoms with van der Waals surface area (Å²) in [5, 5.41) is 0. The molecule has 0 saturated heterocycles. The van der Waals surface area contributed by atoms with Gasteiger partial charge < -0.3 is 5.73 Å². The summed E-state index contributed by atoms with van der Waals surface area (Å²) in [6.07, 6.45) is 3.01. The summed E-state index contributed by atoms with van der Waals surface area (Å²) < 4.78 is 24.5. The molecule has 0 atom stereocenters. The van der Waals surface area contributed by atoms with Crippen LogP contribution in [-0.2, 0) is 16.4 Å². The summed E-state index contributed by atoms with van der Waals surface area (Å²) in [5.41, 5.74) is 8.06. The molecule has 2 N–H and O–H groups in total. The maximum absolute atomic E-state index is 11.5. The first-order chi connectivity index (χ1) is 6.98. The molecule has 0 unspecified atom stereocenters. The second kappa shape index (κ2) is 3.41. The maximum atomic E-state index is 11.5. The van der Waals surface area contributed by atoms with Crippen LogP contribution >= 0.6 is 0 Å². The second-order valence-electron chi connectivity index (χ2n) is 3.83. The third kappa shape index (κ3) is 1.92. The van der Waals surface area contributed by atoms with Gasteiger partial charge in [-0.25, -0.2) is 8.42 Å². The number of nitrogens with two attached hydrogens (primary N) is 1. The quantitative estimate of drug-likeness (QED) is 0.726. The first-order valence-electron chi connectivity index (χ1n) is 4.84. The maximum Gasteiger partial charge on any atom is 0.232 e. The normalized spacial score (nSPS) is 16.2. The van der Waals surface area contributed by atoms with Crippen molar-refractivity contribution in [3.63, 3.8) is 0 Å². The number of sulfonamides is 1. The summed E-state index contributed by atoms with van der Waals surface area (Å²) in [6.45, 7) is 0.551. The highest BCUT2D eigenvalue weighted by Crippen LogP contribution is 2.30. The first kappa shape index (κ1) is 10.3. The van der Waals surface area contributed by atoms with Gasteiger partial charge in [0.05, 0.1) is 11.9 Å². The number of aryl methyl sites for hydroxylation is 1. The molecule has 15 heavy (non-hydrogen) atoms. The molecule has 0 aromatic heterocycles. The van der Waals surface area contributed by atoms with Gasteiger partial charge in [0.1, 0.15) is 0 Å². The molecule has 0 bridgehead atoms. The van der Waals surface area contributed by atoms with Gasteiger partial charge in [0.15, 0.2) is 0 Å². The van der Waals surface area contributed by atoms with Crippen LogP contribution in [0.15, 0.2) is 18.2 Å². The van der Waals surface area contributed by atoms with E-state index >= 15 is 0 Å². The predicted molar refractivity (Wildman–Crippen MR) is 61.4 cm³/mol. The zero-order valence-corrected chi connectivity index (χ0v) is 9.42. The highest BCUT2D eigenvalue weighted by molar-refractivity contribution is 7.92. The molecule has 0 fully saturated rings. The van der Waals surface area contributed by atoms with Gasteiger partial charge in [-0.15, -0.1) is 0 Å². The van der Waals surface area contributed by atoms with E-state index in [0.717, 1.165) is 24.1 Å². The van der Waals surface area contributed by atoms with Crippen molar-refractivity contribution in [2.24, 2.45) is 0 Å². The van der Waals surface area contributed by atoms with Crippen molar-refractivity contribution >= 4 is 21.4 Å². The van der Waals surface area contributed by atoms with Crippen LogP contribution in [0.4, 0.5) is 11.4 Å². The van der Waals surface area contributed by atoms with Crippen molar-refractivity contribution in [3.8, 4) is 0 Å². The Bertz CT molecular complexity index is 482. The minimum absolute atomic E-state index is 0.551. The van der Waals surface area contributed by atoms with Crippen LogP contribution in [0.2, 0.25) is 0 Å². The Labute approximate surface area is 89.7 Å². The Morgan fingerprint density at radius 2 is 2.13 bits per heavy atom. The zero-order valence-electron chi connectivity index (χ0n) is 8.60. The molecular weight excluding hydrogens is 212 g/mol. The van der Waals surface area contributed by atoms with Crippen molar-refractivity contribution in [2.45, 2.75) is 12.8 Å². The molecule has 0 aliphatic carbocycles. The summed E-state index contributed by atoms with van der Waals surface area (Å²) in [6, 6.07) is 5.45. The molecular formula is C10H14N2O2S. The lowest BCUT2D eigenvalue weighted by Crippen LogP contribution is -2.34. The molecule has 1 aromatic carbocycles. The highest BCUT2D eigenvalue weighted by atomic mass is 32.2. The molecule has 0 saturated carbocycles. The summed E-state index contributed by atoms with van der Waals surface area (Å²) in [4.78, 5) is 0. The number of fused-ring (bicyclic) bond motifs is 1. The zero-order chi connectivity index (χ0) is 11.1. The van der Waals surface area contributed by atoms with E-state index in [1.807, 2.05) is 12.1 Å². The standard InChI is InChI=1S/C10H14N2O2S/c1-15(13,14)12-6-2-3-8-4-5-9(11)7-10(8)12/h4-5,7H,2-3,6,11H2,1H3. The van der Waals surface area contributed by atoms with Gasteiger partial charge in [-0.05, 0) is 30.5 Å². The summed E-state index contributed by atoms with van der Waals surface area (Å²) in [7, 11) is -3.18. The lowest BCUT2D eigenvalue weighted by Gasteiger charge is -2.29. The average Bonchev–Trinajstić information content (AvgIpc) is 2.15. The van der Waals surface area contributed by atoms with Gasteiger partial charge in [0.2, 0.25) is 10.0 Å². The third-order valence-corrected chi connectivity index (χ3v) is 3.77. The Hall–Kier alpha value is -1.23. The molecule has 82 valence electrons. The lowest BCUT2D eigenvalue weighted by molar-refractivity contribution is 0.592. The first-order valence-corrected chi connectivity index (χ1v) is 6.69. The monoisotopic (exact) mass is 226 g/mol. The summed E-state index contributed by atoms with van der Waals surface area (Å²) in [5.74, 6) is 0. The van der Waals surface area contributed by atoms with Crippen LogP contribution in [0.1, 0.15) is 12.0 Å². The number of rotatable bonds is 1. The van der Waals surface area contributed by atoms with Crippen LogP contribution in [0.3, 0.4) is 0 Å². The average molecular weight is 226 g/mol. The van der Waals surface area contributed by atoms with E-state index < -0.39 is 10.0 Å². The van der Waals surface area contributed by atoms with E-state index in [0.29, 0.717) is 12.2 Å². The van der Waals surface area contributed by atoms with E-state index in [-0.39, 0.29) is 0 Å². The topological polar surface area (TPSA) is 63.4 Å². The van der Waals surface area contributed by atoms with Crippen molar-refractivity contribution in [3.05, 3.63) is 23.8 Å². The van der Waals surface area contributed by atoms with Crippen molar-refractivity contribution in [1.82, 2.24) is 0 Å². The molecule has 1 aliphatic rings. The molecule has 0 spiro atoms. The molecule has 1 aromatic rings. The summed E-state index contributed by atoms with van der Waals surface area (Å²) >= 11 is 0.